The summed E-state index contributed by atoms with van der Waals surface area (Å²) in [5, 5.41) is 2.64. The number of nitrogens with zero attached hydrogens (tertiary/aromatic N) is 1. The van der Waals surface area contributed by atoms with Crippen LogP contribution in [0.1, 0.15) is 19.4 Å². The van der Waals surface area contributed by atoms with Crippen LogP contribution in [-0.4, -0.2) is 38.3 Å². The molecule has 0 aliphatic heterocycles. The highest BCUT2D eigenvalue weighted by atomic mass is 79.9. The summed E-state index contributed by atoms with van der Waals surface area (Å²) < 4.78 is 26.8. The van der Waals surface area contributed by atoms with Gasteiger partial charge >= 0.3 is 0 Å². The Morgan fingerprint density at radius 3 is 2.30 bits per heavy atom. The van der Waals surface area contributed by atoms with Crippen LogP contribution in [0.2, 0.25) is 0 Å². The van der Waals surface area contributed by atoms with Gasteiger partial charge in [-0.15, -0.1) is 0 Å². The number of rotatable bonds is 8. The molecule has 0 aromatic heterocycles. The lowest BCUT2D eigenvalue weighted by Crippen LogP contribution is -2.30. The van der Waals surface area contributed by atoms with Crippen LogP contribution in [0.5, 0.6) is 0 Å². The van der Waals surface area contributed by atoms with E-state index >= 15 is 0 Å². The third kappa shape index (κ3) is 5.93. The standard InChI is InChI=1S/C16H21BrN2O3S/c1-4-19(5-2)23(21,22)15-9-6-14(7-10-15)8-11-16(20)18-12-13(3)17/h6-11H,3-5,12H2,1-2H3,(H,18,20)/b11-8+. The predicted octanol–water partition coefficient (Wildman–Crippen LogP) is 2.76. The summed E-state index contributed by atoms with van der Waals surface area (Å²) >= 11 is 3.15. The van der Waals surface area contributed by atoms with Gasteiger partial charge < -0.3 is 5.32 Å². The first kappa shape index (κ1) is 19.6. The van der Waals surface area contributed by atoms with E-state index in [1.165, 1.54) is 10.4 Å². The summed E-state index contributed by atoms with van der Waals surface area (Å²) in [5.74, 6) is -0.245. The maximum absolute atomic E-state index is 12.4. The zero-order valence-electron chi connectivity index (χ0n) is 13.3. The Hall–Kier alpha value is -1.44. The maximum Gasteiger partial charge on any atom is 0.244 e. The molecule has 0 saturated carbocycles. The molecule has 0 atom stereocenters. The van der Waals surface area contributed by atoms with Gasteiger partial charge in [-0.05, 0) is 23.8 Å². The van der Waals surface area contributed by atoms with Gasteiger partial charge in [0, 0.05) is 30.2 Å². The van der Waals surface area contributed by atoms with Crippen molar-refractivity contribution < 1.29 is 13.2 Å². The van der Waals surface area contributed by atoms with Crippen molar-refractivity contribution in [3.05, 3.63) is 47.0 Å². The van der Waals surface area contributed by atoms with Gasteiger partial charge in [0.1, 0.15) is 0 Å². The highest BCUT2D eigenvalue weighted by Crippen LogP contribution is 2.16. The lowest BCUT2D eigenvalue weighted by molar-refractivity contribution is -0.116. The molecule has 0 heterocycles. The topological polar surface area (TPSA) is 66.5 Å². The number of halogens is 1. The number of carbonyl (C=O) groups is 1. The normalized spacial score (nSPS) is 11.8. The van der Waals surface area contributed by atoms with Crippen LogP contribution in [0.4, 0.5) is 0 Å². The number of amides is 1. The number of carbonyl (C=O) groups excluding carboxylic acids is 1. The number of sulfonamides is 1. The highest BCUT2D eigenvalue weighted by Gasteiger charge is 2.20. The average Bonchev–Trinajstić information content (AvgIpc) is 2.52. The molecule has 7 heteroatoms. The van der Waals surface area contributed by atoms with Crippen LogP contribution >= 0.6 is 15.9 Å². The van der Waals surface area contributed by atoms with Gasteiger partial charge in [0.05, 0.1) is 4.90 Å². The SMILES string of the molecule is C=C(Br)CNC(=O)/C=C/c1ccc(S(=O)(=O)N(CC)CC)cc1. The smallest absolute Gasteiger partial charge is 0.244 e. The van der Waals surface area contributed by atoms with Crippen molar-refractivity contribution in [1.82, 2.24) is 9.62 Å². The van der Waals surface area contributed by atoms with Crippen molar-refractivity contribution >= 4 is 37.9 Å². The van der Waals surface area contributed by atoms with E-state index in [1.807, 2.05) is 0 Å². The molecule has 0 radical (unpaired) electrons. The van der Waals surface area contributed by atoms with Crippen LogP contribution in [-0.2, 0) is 14.8 Å². The van der Waals surface area contributed by atoms with Crippen LogP contribution < -0.4 is 5.32 Å². The molecule has 23 heavy (non-hydrogen) atoms. The molecule has 0 spiro atoms. The Kier molecular flexibility index (Phi) is 7.67. The van der Waals surface area contributed by atoms with Crippen molar-refractivity contribution in [2.24, 2.45) is 0 Å². The Bertz CT molecular complexity index is 678. The minimum Gasteiger partial charge on any atom is -0.348 e. The van der Waals surface area contributed by atoms with Gasteiger partial charge in [0.15, 0.2) is 0 Å². The van der Waals surface area contributed by atoms with Gasteiger partial charge in [0.25, 0.3) is 0 Å². The van der Waals surface area contributed by atoms with E-state index in [9.17, 15) is 13.2 Å². The van der Waals surface area contributed by atoms with Crippen molar-refractivity contribution in [3.63, 3.8) is 0 Å². The summed E-state index contributed by atoms with van der Waals surface area (Å²) in [5.41, 5.74) is 0.747. The largest absolute Gasteiger partial charge is 0.348 e. The minimum atomic E-state index is -3.45. The van der Waals surface area contributed by atoms with E-state index in [-0.39, 0.29) is 10.8 Å². The molecular weight excluding hydrogens is 380 g/mol. The molecule has 1 aromatic rings. The van der Waals surface area contributed by atoms with E-state index < -0.39 is 10.0 Å². The molecule has 1 rings (SSSR count). The summed E-state index contributed by atoms with van der Waals surface area (Å²) in [6, 6.07) is 6.43. The van der Waals surface area contributed by atoms with Crippen molar-refractivity contribution in [2.75, 3.05) is 19.6 Å². The van der Waals surface area contributed by atoms with Gasteiger partial charge in [-0.3, -0.25) is 4.79 Å². The summed E-state index contributed by atoms with van der Waals surface area (Å²) in [7, 11) is -3.45. The van der Waals surface area contributed by atoms with Gasteiger partial charge in [-0.2, -0.15) is 4.31 Å². The van der Waals surface area contributed by atoms with Crippen LogP contribution in [0.3, 0.4) is 0 Å². The van der Waals surface area contributed by atoms with E-state index in [2.05, 4.69) is 27.8 Å². The maximum atomic E-state index is 12.4. The van der Waals surface area contributed by atoms with Crippen molar-refractivity contribution in [1.29, 1.82) is 0 Å². The van der Waals surface area contributed by atoms with Gasteiger partial charge in [-0.25, -0.2) is 8.42 Å². The van der Waals surface area contributed by atoms with E-state index in [0.717, 1.165) is 5.56 Å². The third-order valence-electron chi connectivity index (χ3n) is 3.10. The number of hydrogen-bond donors (Lipinski definition) is 1. The van der Waals surface area contributed by atoms with Crippen molar-refractivity contribution in [2.45, 2.75) is 18.7 Å². The van der Waals surface area contributed by atoms with Crippen LogP contribution in [0.15, 0.2) is 46.3 Å². The van der Waals surface area contributed by atoms with Crippen LogP contribution in [0, 0.1) is 0 Å². The Morgan fingerprint density at radius 2 is 1.83 bits per heavy atom. The van der Waals surface area contributed by atoms with E-state index in [4.69, 9.17) is 0 Å². The summed E-state index contributed by atoms with van der Waals surface area (Å²) in [6.07, 6.45) is 3.02. The molecule has 5 nitrogen and oxygen atoms in total. The van der Waals surface area contributed by atoms with Crippen LogP contribution in [0.25, 0.3) is 6.08 Å². The Morgan fingerprint density at radius 1 is 1.26 bits per heavy atom. The van der Waals surface area contributed by atoms with Crippen molar-refractivity contribution in [3.8, 4) is 0 Å². The number of hydrogen-bond acceptors (Lipinski definition) is 3. The second-order valence-electron chi connectivity index (χ2n) is 4.73. The molecular formula is C16H21BrN2O3S. The fourth-order valence-corrected chi connectivity index (χ4v) is 3.48. The summed E-state index contributed by atoms with van der Waals surface area (Å²) in [6.45, 7) is 8.44. The molecule has 0 unspecified atom stereocenters. The molecule has 0 bridgehead atoms. The van der Waals surface area contributed by atoms with E-state index in [0.29, 0.717) is 24.1 Å². The first-order chi connectivity index (χ1) is 10.8. The van der Waals surface area contributed by atoms with Gasteiger partial charge in [0.2, 0.25) is 15.9 Å². The predicted molar refractivity (Wildman–Crippen MR) is 96.7 cm³/mol. The zero-order valence-corrected chi connectivity index (χ0v) is 15.7. The molecule has 126 valence electrons. The fraction of sp³-hybridized carbons (Fsp3) is 0.312. The summed E-state index contributed by atoms with van der Waals surface area (Å²) in [4.78, 5) is 11.8. The monoisotopic (exact) mass is 400 g/mol. The highest BCUT2D eigenvalue weighted by molar-refractivity contribution is 9.11. The molecule has 0 saturated heterocycles. The molecule has 1 N–H and O–H groups in total. The van der Waals surface area contributed by atoms with E-state index in [1.54, 1.807) is 44.2 Å². The van der Waals surface area contributed by atoms with Gasteiger partial charge in [-0.1, -0.05) is 48.5 Å². The first-order valence-electron chi connectivity index (χ1n) is 7.20. The minimum absolute atomic E-state index is 0.245. The first-order valence-corrected chi connectivity index (χ1v) is 9.44. The zero-order chi connectivity index (χ0) is 17.5. The fourth-order valence-electron chi connectivity index (χ4n) is 1.88. The third-order valence-corrected chi connectivity index (χ3v) is 5.45. The Labute approximate surface area is 146 Å². The molecule has 1 aromatic carbocycles. The average molecular weight is 401 g/mol. The second kappa shape index (κ2) is 9.00. The second-order valence-corrected chi connectivity index (χ2v) is 7.79. The quantitative estimate of drug-likeness (QED) is 0.682. The lowest BCUT2D eigenvalue weighted by Gasteiger charge is -2.18. The molecule has 0 aliphatic carbocycles. The molecule has 0 aliphatic rings. The Balaban J connectivity index is 2.81. The molecule has 0 fully saturated rings. The lowest BCUT2D eigenvalue weighted by atomic mass is 10.2. The number of nitrogens with one attached hydrogen (secondary N) is 1. The number of benzene rings is 1. The molecule has 1 amide bonds.